The lowest BCUT2D eigenvalue weighted by molar-refractivity contribution is 0.00206. The van der Waals surface area contributed by atoms with Crippen molar-refractivity contribution in [2.75, 3.05) is 19.6 Å². The third-order valence-electron chi connectivity index (χ3n) is 3.27. The van der Waals surface area contributed by atoms with Crippen LogP contribution in [0.2, 0.25) is 0 Å². The van der Waals surface area contributed by atoms with Gasteiger partial charge in [0.2, 0.25) is 0 Å². The molecule has 5 nitrogen and oxygen atoms in total. The molecule has 2 amide bonds. The fraction of sp³-hybridized carbons (Fsp3) is 0.600. The van der Waals surface area contributed by atoms with E-state index < -0.39 is 5.60 Å². The zero-order chi connectivity index (χ0) is 15.6. The maximum absolute atomic E-state index is 12.3. The number of amides is 2. The molecular formula is C15H22N2O3S. The Balaban J connectivity index is 1.96. The van der Waals surface area contributed by atoms with Crippen LogP contribution in [-0.2, 0) is 4.74 Å². The van der Waals surface area contributed by atoms with Gasteiger partial charge in [0.1, 0.15) is 5.60 Å². The van der Waals surface area contributed by atoms with Gasteiger partial charge in [-0.2, -0.15) is 0 Å². The predicted molar refractivity (Wildman–Crippen MR) is 82.6 cm³/mol. The Morgan fingerprint density at radius 3 is 2.57 bits per heavy atom. The van der Waals surface area contributed by atoms with Crippen LogP contribution in [0.5, 0.6) is 0 Å². The second-order valence-electron chi connectivity index (χ2n) is 6.25. The van der Waals surface area contributed by atoms with Gasteiger partial charge in [-0.05, 0) is 39.1 Å². The Bertz CT molecular complexity index is 507. The minimum Gasteiger partial charge on any atom is -0.444 e. The number of hydrogen-bond acceptors (Lipinski definition) is 4. The van der Waals surface area contributed by atoms with Crippen molar-refractivity contribution in [1.29, 1.82) is 0 Å². The van der Waals surface area contributed by atoms with Gasteiger partial charge in [0, 0.05) is 25.7 Å². The number of carbonyl (C=O) groups excluding carboxylic acids is 2. The predicted octanol–water partition coefficient (Wildman–Crippen LogP) is 2.83. The van der Waals surface area contributed by atoms with E-state index in [0.717, 1.165) is 4.88 Å². The van der Waals surface area contributed by atoms with Crippen LogP contribution in [-0.4, -0.2) is 53.1 Å². The summed E-state index contributed by atoms with van der Waals surface area (Å²) in [6.07, 6.45) is -0.307. The Morgan fingerprint density at radius 1 is 1.33 bits per heavy atom. The van der Waals surface area contributed by atoms with Gasteiger partial charge >= 0.3 is 6.09 Å². The molecule has 0 aromatic carbocycles. The maximum Gasteiger partial charge on any atom is 0.410 e. The second kappa shape index (κ2) is 6.05. The van der Waals surface area contributed by atoms with E-state index in [9.17, 15) is 9.59 Å². The van der Waals surface area contributed by atoms with Crippen LogP contribution >= 0.6 is 11.3 Å². The van der Waals surface area contributed by atoms with E-state index in [2.05, 4.69) is 0 Å². The second-order valence-corrected chi connectivity index (χ2v) is 7.20. The molecule has 1 aliphatic rings. The zero-order valence-corrected chi connectivity index (χ0v) is 13.8. The first-order valence-corrected chi connectivity index (χ1v) is 7.98. The smallest absolute Gasteiger partial charge is 0.410 e. The first kappa shape index (κ1) is 15.8. The standard InChI is InChI=1S/C15H22N2O3S/c1-11-10-16(13(18)12-6-5-9-21-12)7-8-17(11)14(19)20-15(2,3)4/h5-6,9,11H,7-8,10H2,1-4H3/t11-/m1/s1. The molecule has 0 N–H and O–H groups in total. The van der Waals surface area contributed by atoms with E-state index in [1.165, 1.54) is 11.3 Å². The third kappa shape index (κ3) is 3.97. The van der Waals surface area contributed by atoms with Crippen LogP contribution in [0, 0.1) is 0 Å². The SMILES string of the molecule is C[C@@H]1CN(C(=O)c2cccs2)CCN1C(=O)OC(C)(C)C. The molecule has 0 aliphatic carbocycles. The molecule has 1 saturated heterocycles. The molecule has 0 unspecified atom stereocenters. The normalized spacial score (nSPS) is 19.5. The maximum atomic E-state index is 12.3. The number of piperazine rings is 1. The number of ether oxygens (including phenoxy) is 1. The molecule has 0 saturated carbocycles. The van der Waals surface area contributed by atoms with Crippen molar-refractivity contribution < 1.29 is 14.3 Å². The van der Waals surface area contributed by atoms with Crippen molar-refractivity contribution in [2.45, 2.75) is 39.3 Å². The molecule has 2 rings (SSSR count). The van der Waals surface area contributed by atoms with Crippen molar-refractivity contribution >= 4 is 23.3 Å². The lowest BCUT2D eigenvalue weighted by atomic mass is 10.2. The Morgan fingerprint density at radius 2 is 2.05 bits per heavy atom. The van der Waals surface area contributed by atoms with E-state index in [4.69, 9.17) is 4.74 Å². The molecule has 0 spiro atoms. The van der Waals surface area contributed by atoms with Crippen molar-refractivity contribution in [1.82, 2.24) is 9.80 Å². The van der Waals surface area contributed by atoms with Crippen LogP contribution in [0.1, 0.15) is 37.4 Å². The van der Waals surface area contributed by atoms with Crippen molar-refractivity contribution in [3.8, 4) is 0 Å². The van der Waals surface area contributed by atoms with Gasteiger partial charge in [-0.1, -0.05) is 6.07 Å². The number of thiophene rings is 1. The van der Waals surface area contributed by atoms with E-state index in [-0.39, 0.29) is 18.0 Å². The summed E-state index contributed by atoms with van der Waals surface area (Å²) in [5.74, 6) is 0.0423. The molecule has 6 heteroatoms. The Kier molecular flexibility index (Phi) is 4.56. The van der Waals surface area contributed by atoms with E-state index >= 15 is 0 Å². The van der Waals surface area contributed by atoms with Gasteiger partial charge in [-0.25, -0.2) is 4.79 Å². The van der Waals surface area contributed by atoms with Gasteiger partial charge in [0.25, 0.3) is 5.91 Å². The number of rotatable bonds is 1. The monoisotopic (exact) mass is 310 g/mol. The third-order valence-corrected chi connectivity index (χ3v) is 4.13. The average molecular weight is 310 g/mol. The fourth-order valence-corrected chi connectivity index (χ4v) is 2.98. The molecule has 21 heavy (non-hydrogen) atoms. The van der Waals surface area contributed by atoms with Crippen molar-refractivity contribution in [3.05, 3.63) is 22.4 Å². The Hall–Kier alpha value is -1.56. The van der Waals surface area contributed by atoms with Crippen LogP contribution in [0.4, 0.5) is 4.79 Å². The molecule has 116 valence electrons. The highest BCUT2D eigenvalue weighted by Gasteiger charge is 2.32. The minimum absolute atomic E-state index is 0.0423. The van der Waals surface area contributed by atoms with E-state index in [1.54, 1.807) is 9.80 Å². The number of nitrogens with zero attached hydrogens (tertiary/aromatic N) is 2. The summed E-state index contributed by atoms with van der Waals surface area (Å²) in [6.45, 7) is 9.09. The first-order valence-electron chi connectivity index (χ1n) is 7.10. The topological polar surface area (TPSA) is 49.9 Å². The lowest BCUT2D eigenvalue weighted by Crippen LogP contribution is -2.56. The largest absolute Gasteiger partial charge is 0.444 e. The minimum atomic E-state index is -0.499. The molecule has 1 aromatic heterocycles. The summed E-state index contributed by atoms with van der Waals surface area (Å²) in [5.41, 5.74) is -0.499. The van der Waals surface area contributed by atoms with Gasteiger partial charge in [-0.3, -0.25) is 4.79 Å². The van der Waals surface area contributed by atoms with Gasteiger partial charge in [-0.15, -0.1) is 11.3 Å². The zero-order valence-electron chi connectivity index (χ0n) is 13.0. The highest BCUT2D eigenvalue weighted by atomic mass is 32.1. The quantitative estimate of drug-likeness (QED) is 0.801. The molecule has 2 heterocycles. The lowest BCUT2D eigenvalue weighted by Gasteiger charge is -2.40. The molecule has 1 atom stereocenters. The van der Waals surface area contributed by atoms with E-state index in [1.807, 2.05) is 45.2 Å². The number of carbonyl (C=O) groups is 2. The fourth-order valence-electron chi connectivity index (χ4n) is 2.29. The van der Waals surface area contributed by atoms with Gasteiger partial charge in [0.15, 0.2) is 0 Å². The summed E-state index contributed by atoms with van der Waals surface area (Å²) in [4.78, 5) is 28.7. The number of hydrogen-bond donors (Lipinski definition) is 0. The van der Waals surface area contributed by atoms with Crippen LogP contribution in [0.15, 0.2) is 17.5 Å². The average Bonchev–Trinajstić information content (AvgIpc) is 2.89. The van der Waals surface area contributed by atoms with Crippen LogP contribution < -0.4 is 0 Å². The van der Waals surface area contributed by atoms with Gasteiger partial charge in [0.05, 0.1) is 4.88 Å². The molecule has 0 bridgehead atoms. The first-order chi connectivity index (χ1) is 9.78. The Labute approximate surface area is 129 Å². The summed E-state index contributed by atoms with van der Waals surface area (Å²) in [7, 11) is 0. The van der Waals surface area contributed by atoms with E-state index in [0.29, 0.717) is 19.6 Å². The van der Waals surface area contributed by atoms with Gasteiger partial charge < -0.3 is 14.5 Å². The molecular weight excluding hydrogens is 288 g/mol. The van der Waals surface area contributed by atoms with Crippen LogP contribution in [0.3, 0.4) is 0 Å². The molecule has 1 fully saturated rings. The summed E-state index contributed by atoms with van der Waals surface area (Å²) < 4.78 is 5.40. The summed E-state index contributed by atoms with van der Waals surface area (Å²) in [5, 5.41) is 1.90. The summed E-state index contributed by atoms with van der Waals surface area (Å²) in [6, 6.07) is 3.66. The highest BCUT2D eigenvalue weighted by Crippen LogP contribution is 2.18. The highest BCUT2D eigenvalue weighted by molar-refractivity contribution is 7.12. The van der Waals surface area contributed by atoms with Crippen LogP contribution in [0.25, 0.3) is 0 Å². The van der Waals surface area contributed by atoms with Crippen molar-refractivity contribution in [2.24, 2.45) is 0 Å². The molecule has 1 aliphatic heterocycles. The molecule has 0 radical (unpaired) electrons. The molecule has 1 aromatic rings. The summed E-state index contributed by atoms with van der Waals surface area (Å²) >= 11 is 1.44. The van der Waals surface area contributed by atoms with Crippen molar-refractivity contribution in [3.63, 3.8) is 0 Å².